The van der Waals surface area contributed by atoms with Crippen LogP contribution in [0.1, 0.15) is 23.3 Å². The second-order valence-corrected chi connectivity index (χ2v) is 4.89. The maximum atomic E-state index is 12.4. The number of benzene rings is 1. The molecule has 0 fully saturated rings. The second-order valence-electron chi connectivity index (χ2n) is 4.46. The van der Waals surface area contributed by atoms with E-state index in [4.69, 9.17) is 16.0 Å². The maximum Gasteiger partial charge on any atom is 0.240 e. The van der Waals surface area contributed by atoms with Gasteiger partial charge in [0.15, 0.2) is 11.5 Å². The van der Waals surface area contributed by atoms with E-state index in [2.05, 4.69) is 15.4 Å². The van der Waals surface area contributed by atoms with Crippen molar-refractivity contribution in [2.24, 2.45) is 0 Å². The summed E-state index contributed by atoms with van der Waals surface area (Å²) in [5.41, 5.74) is 0.545. The molecule has 106 valence electrons. The van der Waals surface area contributed by atoms with Crippen LogP contribution in [0.15, 0.2) is 47.1 Å². The van der Waals surface area contributed by atoms with Crippen LogP contribution >= 0.6 is 11.6 Å². The van der Waals surface area contributed by atoms with Gasteiger partial charge in [0.1, 0.15) is 6.04 Å². The van der Waals surface area contributed by atoms with Crippen molar-refractivity contribution in [3.63, 3.8) is 0 Å². The molecule has 0 N–H and O–H groups in total. The van der Waals surface area contributed by atoms with Crippen molar-refractivity contribution in [1.29, 1.82) is 0 Å². The van der Waals surface area contributed by atoms with E-state index in [1.54, 1.807) is 43.3 Å². The fourth-order valence-electron chi connectivity index (χ4n) is 1.85. The van der Waals surface area contributed by atoms with E-state index < -0.39 is 6.04 Å². The summed E-state index contributed by atoms with van der Waals surface area (Å²) in [6, 6.07) is 9.58. The molecular weight excluding hydrogens is 292 g/mol. The summed E-state index contributed by atoms with van der Waals surface area (Å²) >= 11 is 5.81. The first-order valence-electron chi connectivity index (χ1n) is 6.28. The Morgan fingerprint density at radius 3 is 2.71 bits per heavy atom. The molecule has 3 aromatic rings. The minimum atomic E-state index is -0.567. The topological polar surface area (TPSA) is 73.8 Å². The minimum absolute atomic E-state index is 0.116. The molecule has 0 saturated carbocycles. The van der Waals surface area contributed by atoms with Crippen molar-refractivity contribution >= 4 is 17.4 Å². The molecule has 0 amide bonds. The molecule has 1 atom stereocenters. The second kappa shape index (κ2) is 5.49. The highest BCUT2D eigenvalue weighted by molar-refractivity contribution is 6.30. The highest BCUT2D eigenvalue weighted by Gasteiger charge is 2.20. The highest BCUT2D eigenvalue weighted by atomic mass is 35.5. The van der Waals surface area contributed by atoms with Gasteiger partial charge < -0.3 is 4.42 Å². The zero-order valence-corrected chi connectivity index (χ0v) is 11.9. The zero-order valence-electron chi connectivity index (χ0n) is 11.1. The Morgan fingerprint density at radius 2 is 2.05 bits per heavy atom. The zero-order chi connectivity index (χ0) is 14.8. The van der Waals surface area contributed by atoms with E-state index in [-0.39, 0.29) is 5.78 Å². The molecule has 1 unspecified atom stereocenters. The fourth-order valence-corrected chi connectivity index (χ4v) is 1.98. The number of Topliss-reactive ketones (excluding diaryl/α,β-unsaturated/α-hetero) is 1. The van der Waals surface area contributed by atoms with Gasteiger partial charge in [-0.3, -0.25) is 4.79 Å². The first kappa shape index (κ1) is 13.5. The van der Waals surface area contributed by atoms with Crippen LogP contribution in [0.4, 0.5) is 0 Å². The molecule has 0 saturated heterocycles. The van der Waals surface area contributed by atoms with Crippen LogP contribution in [-0.2, 0) is 0 Å². The van der Waals surface area contributed by atoms with Gasteiger partial charge in [-0.05, 0) is 48.5 Å². The lowest BCUT2D eigenvalue weighted by atomic mass is 10.1. The Bertz CT molecular complexity index is 750. The number of tetrazole rings is 1. The monoisotopic (exact) mass is 302 g/mol. The standard InChI is InChI=1S/C14H11ClN4O2/c1-9(13(20)10-4-6-11(15)7-5-10)19-17-14(16-18-19)12-3-2-8-21-12/h2-9H,1H3. The number of carbonyl (C=O) groups excluding carboxylic acids is 1. The SMILES string of the molecule is CC(C(=O)c1ccc(Cl)cc1)n1nnc(-c2ccco2)n1. The molecule has 0 aliphatic carbocycles. The molecule has 21 heavy (non-hydrogen) atoms. The number of hydrogen-bond donors (Lipinski definition) is 0. The van der Waals surface area contributed by atoms with Gasteiger partial charge in [0.25, 0.3) is 0 Å². The van der Waals surface area contributed by atoms with E-state index in [0.29, 0.717) is 22.2 Å². The van der Waals surface area contributed by atoms with Crippen LogP contribution in [0.3, 0.4) is 0 Å². The van der Waals surface area contributed by atoms with E-state index in [1.165, 1.54) is 11.1 Å². The Kier molecular flexibility index (Phi) is 3.53. The number of nitrogens with zero attached hydrogens (tertiary/aromatic N) is 4. The molecule has 0 bridgehead atoms. The molecular formula is C14H11ClN4O2. The van der Waals surface area contributed by atoms with E-state index in [0.717, 1.165) is 0 Å². The highest BCUT2D eigenvalue weighted by Crippen LogP contribution is 2.18. The van der Waals surface area contributed by atoms with Crippen LogP contribution in [0.25, 0.3) is 11.6 Å². The number of halogens is 1. The van der Waals surface area contributed by atoms with Gasteiger partial charge in [-0.15, -0.1) is 10.2 Å². The van der Waals surface area contributed by atoms with Crippen LogP contribution in [0.2, 0.25) is 5.02 Å². The molecule has 0 aliphatic heterocycles. The first-order valence-corrected chi connectivity index (χ1v) is 6.66. The van der Waals surface area contributed by atoms with Gasteiger partial charge >= 0.3 is 0 Å². The largest absolute Gasteiger partial charge is 0.461 e. The van der Waals surface area contributed by atoms with Crippen molar-refractivity contribution in [2.45, 2.75) is 13.0 Å². The Balaban J connectivity index is 1.83. The lowest BCUT2D eigenvalue weighted by Gasteiger charge is -2.08. The molecule has 3 rings (SSSR count). The Morgan fingerprint density at radius 1 is 1.29 bits per heavy atom. The third-order valence-corrected chi connectivity index (χ3v) is 3.28. The van der Waals surface area contributed by atoms with Crippen molar-refractivity contribution < 1.29 is 9.21 Å². The lowest BCUT2D eigenvalue weighted by Crippen LogP contribution is -2.19. The predicted molar refractivity (Wildman–Crippen MR) is 76.0 cm³/mol. The number of hydrogen-bond acceptors (Lipinski definition) is 5. The summed E-state index contributed by atoms with van der Waals surface area (Å²) in [5.74, 6) is 0.734. The summed E-state index contributed by atoms with van der Waals surface area (Å²) < 4.78 is 5.19. The number of furan rings is 1. The number of aromatic nitrogens is 4. The summed E-state index contributed by atoms with van der Waals surface area (Å²) in [4.78, 5) is 13.6. The van der Waals surface area contributed by atoms with Gasteiger partial charge in [0.05, 0.1) is 6.26 Å². The third kappa shape index (κ3) is 2.71. The average molecular weight is 303 g/mol. The van der Waals surface area contributed by atoms with Crippen molar-refractivity contribution in [1.82, 2.24) is 20.2 Å². The molecule has 2 aromatic heterocycles. The van der Waals surface area contributed by atoms with E-state index in [1.807, 2.05) is 0 Å². The van der Waals surface area contributed by atoms with Crippen LogP contribution in [0, 0.1) is 0 Å². The van der Waals surface area contributed by atoms with Gasteiger partial charge in [0, 0.05) is 10.6 Å². The lowest BCUT2D eigenvalue weighted by molar-refractivity contribution is 0.0918. The molecule has 0 aliphatic rings. The Hall–Kier alpha value is -2.47. The first-order chi connectivity index (χ1) is 10.1. The van der Waals surface area contributed by atoms with Crippen LogP contribution in [-0.4, -0.2) is 26.0 Å². The minimum Gasteiger partial charge on any atom is -0.461 e. The summed E-state index contributed by atoms with van der Waals surface area (Å²) in [5, 5.41) is 12.5. The molecule has 2 heterocycles. The third-order valence-electron chi connectivity index (χ3n) is 3.02. The summed E-state index contributed by atoms with van der Waals surface area (Å²) in [7, 11) is 0. The molecule has 1 aromatic carbocycles. The Labute approximate surface area is 125 Å². The number of ketones is 1. The van der Waals surface area contributed by atoms with Crippen molar-refractivity contribution in [3.05, 3.63) is 53.2 Å². The van der Waals surface area contributed by atoms with Crippen LogP contribution < -0.4 is 0 Å². The normalized spacial score (nSPS) is 12.3. The predicted octanol–water partition coefficient (Wildman–Crippen LogP) is 3.03. The summed E-state index contributed by atoms with van der Waals surface area (Å²) in [6.45, 7) is 1.71. The number of rotatable bonds is 4. The van der Waals surface area contributed by atoms with E-state index >= 15 is 0 Å². The maximum absolute atomic E-state index is 12.4. The van der Waals surface area contributed by atoms with Gasteiger partial charge in [-0.2, -0.15) is 4.80 Å². The molecule has 0 radical (unpaired) electrons. The van der Waals surface area contributed by atoms with Crippen molar-refractivity contribution in [3.8, 4) is 11.6 Å². The van der Waals surface area contributed by atoms with Gasteiger partial charge in [0.2, 0.25) is 5.82 Å². The van der Waals surface area contributed by atoms with Crippen LogP contribution in [0.5, 0.6) is 0 Å². The van der Waals surface area contributed by atoms with Crippen molar-refractivity contribution in [2.75, 3.05) is 0 Å². The smallest absolute Gasteiger partial charge is 0.240 e. The molecule has 0 spiro atoms. The van der Waals surface area contributed by atoms with Gasteiger partial charge in [-0.25, -0.2) is 0 Å². The average Bonchev–Trinajstić information content (AvgIpc) is 3.17. The molecule has 6 nitrogen and oxygen atoms in total. The molecule has 7 heteroatoms. The quantitative estimate of drug-likeness (QED) is 0.693. The van der Waals surface area contributed by atoms with Gasteiger partial charge in [-0.1, -0.05) is 11.6 Å². The fraction of sp³-hybridized carbons (Fsp3) is 0.143. The summed E-state index contributed by atoms with van der Waals surface area (Å²) in [6.07, 6.45) is 1.53. The van der Waals surface area contributed by atoms with E-state index in [9.17, 15) is 4.79 Å². The number of carbonyl (C=O) groups is 1.